The molecule has 1 fully saturated rings. The third-order valence-corrected chi connectivity index (χ3v) is 9.13. The third kappa shape index (κ3) is 4.26. The molecule has 0 N–H and O–H groups in total. The van der Waals surface area contributed by atoms with Crippen LogP contribution in [-0.2, 0) is 31.3 Å². The summed E-state index contributed by atoms with van der Waals surface area (Å²) in [7, 11) is -7.53. The average molecular weight is 452 g/mol. The molecule has 0 bridgehead atoms. The number of carbonyl (C=O) groups excluding carboxylic acids is 1. The van der Waals surface area contributed by atoms with Crippen LogP contribution in [0.2, 0.25) is 0 Å². The monoisotopic (exact) mass is 451 g/mol. The Kier molecular flexibility index (Phi) is 6.30. The molecule has 0 radical (unpaired) electrons. The van der Waals surface area contributed by atoms with Crippen LogP contribution in [0, 0.1) is 12.8 Å². The predicted molar refractivity (Wildman–Crippen MR) is 114 cm³/mol. The molecule has 1 aliphatic rings. The van der Waals surface area contributed by atoms with Crippen molar-refractivity contribution >= 4 is 31.6 Å². The summed E-state index contributed by atoms with van der Waals surface area (Å²) in [5.74, 6) is -1.37. The van der Waals surface area contributed by atoms with E-state index in [0.717, 1.165) is 9.87 Å². The number of anilines is 1. The van der Waals surface area contributed by atoms with Crippen molar-refractivity contribution in [3.05, 3.63) is 53.9 Å². The van der Waals surface area contributed by atoms with Crippen LogP contribution in [-0.4, -0.2) is 50.9 Å². The van der Waals surface area contributed by atoms with E-state index in [1.807, 2.05) is 12.1 Å². The Morgan fingerprint density at radius 3 is 2.40 bits per heavy atom. The first-order valence-corrected chi connectivity index (χ1v) is 12.7. The van der Waals surface area contributed by atoms with Crippen LogP contribution in [0.3, 0.4) is 0 Å². The van der Waals surface area contributed by atoms with Gasteiger partial charge in [-0.25, -0.2) is 21.1 Å². The largest absolute Gasteiger partial charge is 0.273 e. The van der Waals surface area contributed by atoms with E-state index in [1.54, 1.807) is 33.2 Å². The normalized spacial score (nSPS) is 18.9. The first-order chi connectivity index (χ1) is 14.1. The quantitative estimate of drug-likeness (QED) is 0.637. The summed E-state index contributed by atoms with van der Waals surface area (Å²) in [5, 5.41) is 0. The molecular weight excluding hydrogens is 426 g/mol. The van der Waals surface area contributed by atoms with E-state index >= 15 is 0 Å². The van der Waals surface area contributed by atoms with Gasteiger partial charge in [-0.2, -0.15) is 4.31 Å². The summed E-state index contributed by atoms with van der Waals surface area (Å²) in [6.45, 7) is 5.54. The maximum absolute atomic E-state index is 13.2. The fraction of sp³-hybridized carbons (Fsp3) is 0.400. The molecule has 30 heavy (non-hydrogen) atoms. The molecular formula is C20H25N3O5S2. The molecule has 0 aliphatic carbocycles. The molecule has 162 valence electrons. The molecule has 1 aromatic carbocycles. The first kappa shape index (κ1) is 22.4. The van der Waals surface area contributed by atoms with E-state index in [0.29, 0.717) is 25.1 Å². The number of aryl methyl sites for hydroxylation is 1. The number of carbonyl (C=O) groups is 1. The molecule has 1 saturated heterocycles. The van der Waals surface area contributed by atoms with E-state index in [2.05, 4.69) is 4.98 Å². The predicted octanol–water partition coefficient (Wildman–Crippen LogP) is 1.96. The lowest BCUT2D eigenvalue weighted by atomic mass is 10.2. The summed E-state index contributed by atoms with van der Waals surface area (Å²) in [4.78, 5) is 16.4. The third-order valence-electron chi connectivity index (χ3n) is 5.12. The van der Waals surface area contributed by atoms with Gasteiger partial charge in [-0.15, -0.1) is 0 Å². The van der Waals surface area contributed by atoms with Crippen molar-refractivity contribution in [1.82, 2.24) is 9.29 Å². The Labute approximate surface area is 177 Å². The summed E-state index contributed by atoms with van der Waals surface area (Å²) in [6, 6.07) is 7.88. The SMILES string of the molecule is CCN(CCc1ccncc1)S(=O)(=O)c1ccc(N2C(=O)[C@@H](C)CS2(=O)=O)cc1C. The summed E-state index contributed by atoms with van der Waals surface area (Å²) >= 11 is 0. The van der Waals surface area contributed by atoms with Gasteiger partial charge in [0.05, 0.1) is 22.3 Å². The number of benzene rings is 1. The number of likely N-dealkylation sites (N-methyl/N-ethyl adjacent to an activating group) is 1. The fourth-order valence-corrected chi connectivity index (χ4v) is 6.99. The smallest absolute Gasteiger partial charge is 0.244 e. The van der Waals surface area contributed by atoms with Crippen molar-refractivity contribution in [2.75, 3.05) is 23.1 Å². The van der Waals surface area contributed by atoms with Crippen LogP contribution in [0.4, 0.5) is 5.69 Å². The molecule has 3 rings (SSSR count). The van der Waals surface area contributed by atoms with Gasteiger partial charge in [0, 0.05) is 25.5 Å². The zero-order valence-electron chi connectivity index (χ0n) is 17.1. The molecule has 1 aromatic heterocycles. The van der Waals surface area contributed by atoms with Gasteiger partial charge in [-0.1, -0.05) is 13.8 Å². The molecule has 8 nitrogen and oxygen atoms in total. The maximum Gasteiger partial charge on any atom is 0.244 e. The number of hydrogen-bond donors (Lipinski definition) is 0. The Morgan fingerprint density at radius 1 is 1.20 bits per heavy atom. The van der Waals surface area contributed by atoms with Gasteiger partial charge in [-0.05, 0) is 54.8 Å². The number of rotatable bonds is 7. The van der Waals surface area contributed by atoms with Gasteiger partial charge in [0.2, 0.25) is 26.0 Å². The molecule has 0 spiro atoms. The van der Waals surface area contributed by atoms with Crippen LogP contribution in [0.15, 0.2) is 47.6 Å². The van der Waals surface area contributed by atoms with Crippen LogP contribution >= 0.6 is 0 Å². The second-order valence-corrected chi connectivity index (χ2v) is 11.1. The molecule has 10 heteroatoms. The van der Waals surface area contributed by atoms with Crippen molar-refractivity contribution in [3.63, 3.8) is 0 Å². The topological polar surface area (TPSA) is 105 Å². The maximum atomic E-state index is 13.2. The van der Waals surface area contributed by atoms with Gasteiger partial charge in [0.15, 0.2) is 0 Å². The highest BCUT2D eigenvalue weighted by molar-refractivity contribution is 7.94. The van der Waals surface area contributed by atoms with Gasteiger partial charge in [0.25, 0.3) is 0 Å². The van der Waals surface area contributed by atoms with Gasteiger partial charge in [0.1, 0.15) is 0 Å². The lowest BCUT2D eigenvalue weighted by Crippen LogP contribution is -2.33. The molecule has 1 atom stereocenters. The van der Waals surface area contributed by atoms with Crippen molar-refractivity contribution in [2.24, 2.45) is 5.92 Å². The molecule has 0 saturated carbocycles. The Morgan fingerprint density at radius 2 is 1.87 bits per heavy atom. The zero-order valence-corrected chi connectivity index (χ0v) is 18.8. The highest BCUT2D eigenvalue weighted by atomic mass is 32.2. The summed E-state index contributed by atoms with van der Waals surface area (Å²) in [5.41, 5.74) is 1.54. The number of nitrogens with zero attached hydrogens (tertiary/aromatic N) is 3. The van der Waals surface area contributed by atoms with Crippen LogP contribution in [0.5, 0.6) is 0 Å². The number of amides is 1. The van der Waals surface area contributed by atoms with Crippen LogP contribution < -0.4 is 4.31 Å². The standard InChI is InChI=1S/C20H25N3O5S2/c1-4-22(12-9-17-7-10-21-11-8-17)30(27,28)19-6-5-18(13-15(19)2)23-20(24)16(3)14-29(23,25)26/h5-8,10-11,13,16H,4,9,12,14H2,1-3H3/t16-/m0/s1. The van der Waals surface area contributed by atoms with E-state index in [-0.39, 0.29) is 16.3 Å². The highest BCUT2D eigenvalue weighted by Crippen LogP contribution is 2.31. The van der Waals surface area contributed by atoms with Gasteiger partial charge < -0.3 is 0 Å². The number of pyridine rings is 1. The first-order valence-electron chi connectivity index (χ1n) is 9.64. The van der Waals surface area contributed by atoms with Gasteiger partial charge in [-0.3, -0.25) is 9.78 Å². The zero-order chi connectivity index (χ0) is 22.1. The molecule has 0 unspecified atom stereocenters. The van der Waals surface area contributed by atoms with E-state index in [4.69, 9.17) is 0 Å². The minimum Gasteiger partial charge on any atom is -0.273 e. The van der Waals surface area contributed by atoms with E-state index in [9.17, 15) is 21.6 Å². The van der Waals surface area contributed by atoms with Crippen molar-refractivity contribution in [3.8, 4) is 0 Å². The molecule has 1 amide bonds. The Hall–Kier alpha value is -2.30. The van der Waals surface area contributed by atoms with Crippen LogP contribution in [0.1, 0.15) is 25.0 Å². The van der Waals surface area contributed by atoms with Gasteiger partial charge >= 0.3 is 0 Å². The summed E-state index contributed by atoms with van der Waals surface area (Å²) < 4.78 is 53.2. The minimum absolute atomic E-state index is 0.0971. The number of sulfonamides is 2. The number of aromatic nitrogens is 1. The average Bonchev–Trinajstić information content (AvgIpc) is 2.89. The van der Waals surface area contributed by atoms with Crippen molar-refractivity contribution in [2.45, 2.75) is 32.1 Å². The second-order valence-electron chi connectivity index (χ2n) is 7.33. The van der Waals surface area contributed by atoms with Crippen molar-refractivity contribution in [1.29, 1.82) is 0 Å². The molecule has 1 aliphatic heterocycles. The van der Waals surface area contributed by atoms with Crippen LogP contribution in [0.25, 0.3) is 0 Å². The van der Waals surface area contributed by atoms with Crippen molar-refractivity contribution < 1.29 is 21.6 Å². The van der Waals surface area contributed by atoms with E-state index in [1.165, 1.54) is 22.5 Å². The highest BCUT2D eigenvalue weighted by Gasteiger charge is 2.42. The number of hydrogen-bond acceptors (Lipinski definition) is 6. The Bertz CT molecular complexity index is 1150. The molecule has 2 heterocycles. The minimum atomic E-state index is -3.78. The summed E-state index contributed by atoms with van der Waals surface area (Å²) in [6.07, 6.45) is 3.88. The lowest BCUT2D eigenvalue weighted by molar-refractivity contribution is -0.119. The fourth-order valence-electron chi connectivity index (χ4n) is 3.53. The Balaban J connectivity index is 1.88. The molecule has 2 aromatic rings. The van der Waals surface area contributed by atoms with E-state index < -0.39 is 31.9 Å². The second kappa shape index (κ2) is 8.44. The lowest BCUT2D eigenvalue weighted by Gasteiger charge is -2.23.